The summed E-state index contributed by atoms with van der Waals surface area (Å²) in [5.41, 5.74) is 1.38. The van der Waals surface area contributed by atoms with E-state index in [0.29, 0.717) is 18.9 Å². The number of amides is 1. The van der Waals surface area contributed by atoms with Crippen LogP contribution in [0.5, 0.6) is 0 Å². The van der Waals surface area contributed by atoms with Crippen LogP contribution in [0.3, 0.4) is 0 Å². The molecule has 5 heteroatoms. The second-order valence-corrected chi connectivity index (χ2v) is 6.79. The Bertz CT molecular complexity index is 508. The minimum absolute atomic E-state index is 0.0317. The molecule has 23 heavy (non-hydrogen) atoms. The first-order valence-electron chi connectivity index (χ1n) is 8.66. The van der Waals surface area contributed by atoms with E-state index in [-0.39, 0.29) is 18.1 Å². The third kappa shape index (κ3) is 4.77. The molecular weight excluding hydrogens is 290 g/mol. The van der Waals surface area contributed by atoms with Crippen LogP contribution in [-0.4, -0.2) is 60.8 Å². The van der Waals surface area contributed by atoms with Crippen LogP contribution >= 0.6 is 0 Å². The fourth-order valence-corrected chi connectivity index (χ4v) is 3.50. The second-order valence-electron chi connectivity index (χ2n) is 6.79. The molecule has 1 amide bonds. The molecule has 1 aromatic carbocycles. The summed E-state index contributed by atoms with van der Waals surface area (Å²) in [6, 6.07) is 10.4. The number of nitrogens with zero attached hydrogens (tertiary/aromatic N) is 1. The molecular formula is C18H27N3O2. The van der Waals surface area contributed by atoms with Crippen molar-refractivity contribution in [3.05, 3.63) is 35.9 Å². The number of hydrogen-bond acceptors (Lipinski definition) is 4. The molecule has 5 nitrogen and oxygen atoms in total. The van der Waals surface area contributed by atoms with Gasteiger partial charge in [-0.15, -0.1) is 0 Å². The molecule has 0 saturated carbocycles. The highest BCUT2D eigenvalue weighted by Crippen LogP contribution is 2.16. The number of likely N-dealkylation sites (tertiary alicyclic amines) is 1. The first-order valence-corrected chi connectivity index (χ1v) is 8.66. The van der Waals surface area contributed by atoms with Crippen molar-refractivity contribution in [2.24, 2.45) is 5.92 Å². The number of carbonyl (C=O) groups excluding carboxylic acids is 1. The molecule has 3 atom stereocenters. The van der Waals surface area contributed by atoms with Gasteiger partial charge >= 0.3 is 0 Å². The van der Waals surface area contributed by atoms with Gasteiger partial charge in [0.05, 0.1) is 12.1 Å². The average molecular weight is 317 g/mol. The first kappa shape index (κ1) is 16.4. The molecule has 0 bridgehead atoms. The maximum atomic E-state index is 12.0. The molecule has 2 saturated heterocycles. The third-order valence-electron chi connectivity index (χ3n) is 4.92. The van der Waals surface area contributed by atoms with Crippen LogP contribution in [0.1, 0.15) is 18.4 Å². The summed E-state index contributed by atoms with van der Waals surface area (Å²) in [7, 11) is 0. The van der Waals surface area contributed by atoms with E-state index >= 15 is 0 Å². The standard InChI is InChI=1S/C18H27N3O2/c22-16-10-17(19-12-16)18(23)20-11-15-7-9-21(13-15)8-6-14-4-2-1-3-5-14/h1-5,15-17,19,22H,6-13H2,(H,20,23). The van der Waals surface area contributed by atoms with Gasteiger partial charge in [0.15, 0.2) is 0 Å². The Morgan fingerprint density at radius 3 is 2.91 bits per heavy atom. The fourth-order valence-electron chi connectivity index (χ4n) is 3.50. The molecule has 0 spiro atoms. The lowest BCUT2D eigenvalue weighted by Gasteiger charge is -2.17. The van der Waals surface area contributed by atoms with E-state index in [1.54, 1.807) is 0 Å². The maximum Gasteiger partial charge on any atom is 0.237 e. The van der Waals surface area contributed by atoms with Gasteiger partial charge in [0.1, 0.15) is 0 Å². The zero-order chi connectivity index (χ0) is 16.1. The van der Waals surface area contributed by atoms with E-state index in [1.165, 1.54) is 5.56 Å². The Labute approximate surface area is 138 Å². The molecule has 2 aliphatic rings. The molecule has 3 N–H and O–H groups in total. The molecule has 3 rings (SSSR count). The van der Waals surface area contributed by atoms with Gasteiger partial charge in [0.2, 0.25) is 5.91 Å². The van der Waals surface area contributed by atoms with Crippen molar-refractivity contribution >= 4 is 5.91 Å². The van der Waals surface area contributed by atoms with Gasteiger partial charge in [-0.05, 0) is 37.3 Å². The van der Waals surface area contributed by atoms with Gasteiger partial charge in [-0.3, -0.25) is 4.79 Å². The summed E-state index contributed by atoms with van der Waals surface area (Å²) in [5.74, 6) is 0.574. The number of nitrogens with one attached hydrogen (secondary N) is 2. The number of hydrogen-bond donors (Lipinski definition) is 3. The Morgan fingerprint density at radius 2 is 2.17 bits per heavy atom. The summed E-state index contributed by atoms with van der Waals surface area (Å²) in [6.07, 6.45) is 2.38. The zero-order valence-corrected chi connectivity index (χ0v) is 13.6. The largest absolute Gasteiger partial charge is 0.392 e. The van der Waals surface area contributed by atoms with E-state index in [4.69, 9.17) is 0 Å². The molecule has 2 aliphatic heterocycles. The number of aliphatic hydroxyl groups excluding tert-OH is 1. The Balaban J connectivity index is 1.34. The number of rotatable bonds is 6. The van der Waals surface area contributed by atoms with Gasteiger partial charge < -0.3 is 20.6 Å². The van der Waals surface area contributed by atoms with Crippen molar-refractivity contribution in [1.82, 2.24) is 15.5 Å². The quantitative estimate of drug-likeness (QED) is 0.710. The molecule has 2 fully saturated rings. The van der Waals surface area contributed by atoms with E-state index < -0.39 is 0 Å². The van der Waals surface area contributed by atoms with E-state index in [0.717, 1.165) is 39.0 Å². The highest BCUT2D eigenvalue weighted by atomic mass is 16.3. The lowest BCUT2D eigenvalue weighted by atomic mass is 10.1. The smallest absolute Gasteiger partial charge is 0.237 e. The Hall–Kier alpha value is -1.43. The Morgan fingerprint density at radius 1 is 1.35 bits per heavy atom. The van der Waals surface area contributed by atoms with Gasteiger partial charge in [-0.1, -0.05) is 30.3 Å². The van der Waals surface area contributed by atoms with Crippen molar-refractivity contribution in [2.45, 2.75) is 31.4 Å². The van der Waals surface area contributed by atoms with Crippen LogP contribution < -0.4 is 10.6 Å². The molecule has 2 heterocycles. The topological polar surface area (TPSA) is 64.6 Å². The highest BCUT2D eigenvalue weighted by molar-refractivity contribution is 5.82. The van der Waals surface area contributed by atoms with Crippen molar-refractivity contribution in [3.63, 3.8) is 0 Å². The number of benzene rings is 1. The van der Waals surface area contributed by atoms with Gasteiger partial charge in [0, 0.05) is 26.2 Å². The number of aliphatic hydroxyl groups is 1. The van der Waals surface area contributed by atoms with Crippen LogP contribution in [0.25, 0.3) is 0 Å². The molecule has 0 radical (unpaired) electrons. The van der Waals surface area contributed by atoms with Crippen molar-refractivity contribution < 1.29 is 9.90 Å². The lowest BCUT2D eigenvalue weighted by Crippen LogP contribution is -2.42. The summed E-state index contributed by atoms with van der Waals surface area (Å²) >= 11 is 0. The van der Waals surface area contributed by atoms with Crippen LogP contribution in [0.15, 0.2) is 30.3 Å². The van der Waals surface area contributed by atoms with E-state index in [2.05, 4.69) is 45.9 Å². The van der Waals surface area contributed by atoms with Gasteiger partial charge in [-0.2, -0.15) is 0 Å². The van der Waals surface area contributed by atoms with Crippen LogP contribution in [0, 0.1) is 5.92 Å². The molecule has 126 valence electrons. The maximum absolute atomic E-state index is 12.0. The van der Waals surface area contributed by atoms with Crippen molar-refractivity contribution in [3.8, 4) is 0 Å². The van der Waals surface area contributed by atoms with Crippen molar-refractivity contribution in [2.75, 3.05) is 32.7 Å². The molecule has 0 aromatic heterocycles. The summed E-state index contributed by atoms with van der Waals surface area (Å²) in [5, 5.41) is 15.6. The third-order valence-corrected chi connectivity index (χ3v) is 4.92. The molecule has 0 aliphatic carbocycles. The minimum Gasteiger partial charge on any atom is -0.392 e. The van der Waals surface area contributed by atoms with Crippen molar-refractivity contribution in [1.29, 1.82) is 0 Å². The second kappa shape index (κ2) is 7.90. The average Bonchev–Trinajstić information content (AvgIpc) is 3.21. The Kier molecular flexibility index (Phi) is 5.65. The predicted molar refractivity (Wildman–Crippen MR) is 90.1 cm³/mol. The monoisotopic (exact) mass is 317 g/mol. The fraction of sp³-hybridized carbons (Fsp3) is 0.611. The van der Waals surface area contributed by atoms with E-state index in [1.807, 2.05) is 0 Å². The molecule has 1 aromatic rings. The lowest BCUT2D eigenvalue weighted by molar-refractivity contribution is -0.123. The van der Waals surface area contributed by atoms with E-state index in [9.17, 15) is 9.90 Å². The van der Waals surface area contributed by atoms with Crippen LogP contribution in [-0.2, 0) is 11.2 Å². The van der Waals surface area contributed by atoms with Gasteiger partial charge in [-0.25, -0.2) is 0 Å². The highest BCUT2D eigenvalue weighted by Gasteiger charge is 2.29. The van der Waals surface area contributed by atoms with Crippen LogP contribution in [0.4, 0.5) is 0 Å². The SMILES string of the molecule is O=C(NCC1CCN(CCc2ccccc2)C1)C1CC(O)CN1. The van der Waals surface area contributed by atoms with Gasteiger partial charge in [0.25, 0.3) is 0 Å². The number of carbonyl (C=O) groups is 1. The minimum atomic E-state index is -0.384. The zero-order valence-electron chi connectivity index (χ0n) is 13.6. The van der Waals surface area contributed by atoms with Crippen LogP contribution in [0.2, 0.25) is 0 Å². The normalized spacial score (nSPS) is 28.1. The first-order chi connectivity index (χ1) is 11.2. The molecule has 3 unspecified atom stereocenters. The number of β-amino-alcohol motifs (C(OH)–C–C–N with tert-alkyl or cyclic N) is 1. The summed E-state index contributed by atoms with van der Waals surface area (Å²) in [4.78, 5) is 14.5. The predicted octanol–water partition coefficient (Wildman–Crippen LogP) is 0.390. The summed E-state index contributed by atoms with van der Waals surface area (Å²) in [6.45, 7) is 4.54. The summed E-state index contributed by atoms with van der Waals surface area (Å²) < 4.78 is 0.